The van der Waals surface area contributed by atoms with Crippen LogP contribution in [0.2, 0.25) is 0 Å². The molecule has 0 saturated carbocycles. The van der Waals surface area contributed by atoms with Crippen molar-refractivity contribution in [2.75, 3.05) is 7.11 Å². The second-order valence-electron chi connectivity index (χ2n) is 9.57. The van der Waals surface area contributed by atoms with Gasteiger partial charge >= 0.3 is 0 Å². The van der Waals surface area contributed by atoms with E-state index in [1.54, 1.807) is 12.4 Å². The second-order valence-corrected chi connectivity index (χ2v) is 13.4. The third-order valence-electron chi connectivity index (χ3n) is 5.18. The van der Waals surface area contributed by atoms with Gasteiger partial charge in [0.1, 0.15) is 5.75 Å². The molecule has 28 heavy (non-hydrogen) atoms. The van der Waals surface area contributed by atoms with Gasteiger partial charge in [-0.25, -0.2) is 0 Å². The van der Waals surface area contributed by atoms with Crippen molar-refractivity contribution in [1.29, 1.82) is 0 Å². The van der Waals surface area contributed by atoms with Crippen LogP contribution < -0.4 is 10.0 Å². The van der Waals surface area contributed by atoms with Gasteiger partial charge in [0.15, 0.2) is 0 Å². The van der Waals surface area contributed by atoms with Gasteiger partial charge in [0.05, 0.1) is 7.11 Å². The average Bonchev–Trinajstić information content (AvgIpc) is 2.61. The smallest absolute Gasteiger partial charge is 0.118 e. The monoisotopic (exact) mass is 392 g/mol. The molecule has 2 heteroatoms. The molecule has 3 aromatic rings. The Morgan fingerprint density at radius 1 is 0.714 bits per heavy atom. The molecule has 0 unspecified atom stereocenters. The van der Waals surface area contributed by atoms with Crippen molar-refractivity contribution in [3.63, 3.8) is 0 Å². The Morgan fingerprint density at radius 2 is 1.25 bits per heavy atom. The van der Waals surface area contributed by atoms with Crippen LogP contribution in [0.5, 0.6) is 5.75 Å². The van der Waals surface area contributed by atoms with Crippen molar-refractivity contribution < 1.29 is 4.74 Å². The van der Waals surface area contributed by atoms with E-state index in [0.717, 1.165) is 5.75 Å². The molecule has 3 rings (SSSR count). The summed E-state index contributed by atoms with van der Waals surface area (Å²) >= 11 is 0. The summed E-state index contributed by atoms with van der Waals surface area (Å²) in [6.45, 7) is 16.7. The van der Waals surface area contributed by atoms with Crippen molar-refractivity contribution in [3.8, 4) is 16.9 Å². The molecule has 0 saturated heterocycles. The van der Waals surface area contributed by atoms with Crippen LogP contribution in [-0.2, 0) is 0 Å². The fraction of sp³-hybridized carbons (Fsp3) is 0.385. The third kappa shape index (κ3) is 4.11. The summed E-state index contributed by atoms with van der Waals surface area (Å²) in [6, 6.07) is 19.8. The van der Waals surface area contributed by atoms with Crippen molar-refractivity contribution in [1.82, 2.24) is 0 Å². The molecular formula is C26H33OP. The molecule has 0 aliphatic carbocycles. The van der Waals surface area contributed by atoms with Gasteiger partial charge in [-0.2, -0.15) is 0 Å². The van der Waals surface area contributed by atoms with Crippen molar-refractivity contribution in [2.24, 2.45) is 0 Å². The molecule has 0 aliphatic heterocycles. The number of fused-ring (bicyclic) bond motifs is 1. The molecule has 0 aromatic heterocycles. The van der Waals surface area contributed by atoms with Gasteiger partial charge in [-0.1, -0.05) is 85.9 Å². The molecule has 0 N–H and O–H groups in total. The lowest BCUT2D eigenvalue weighted by molar-refractivity contribution is 0.415. The Balaban J connectivity index is 2.26. The molecule has 0 heterocycles. The number of aryl methyl sites for hydroxylation is 1. The second kappa shape index (κ2) is 7.53. The lowest BCUT2D eigenvalue weighted by Crippen LogP contribution is -2.32. The van der Waals surface area contributed by atoms with Gasteiger partial charge in [0.25, 0.3) is 0 Å². The number of hydrogen-bond donors (Lipinski definition) is 0. The molecule has 0 fully saturated rings. The molecule has 0 amide bonds. The molecule has 0 spiro atoms. The van der Waals surface area contributed by atoms with Gasteiger partial charge in [-0.05, 0) is 68.2 Å². The minimum absolute atomic E-state index is 0.239. The third-order valence-corrected chi connectivity index (χ3v) is 8.91. The van der Waals surface area contributed by atoms with Crippen LogP contribution in [0.3, 0.4) is 0 Å². The first-order valence-electron chi connectivity index (χ1n) is 10.0. The number of methoxy groups -OCH3 is 1. The van der Waals surface area contributed by atoms with E-state index in [1.165, 1.54) is 27.5 Å². The summed E-state index contributed by atoms with van der Waals surface area (Å²) in [6.07, 6.45) is 0. The Kier molecular flexibility index (Phi) is 5.61. The first-order chi connectivity index (χ1) is 13.0. The fourth-order valence-corrected chi connectivity index (χ4v) is 8.57. The molecular weight excluding hydrogens is 359 g/mol. The van der Waals surface area contributed by atoms with Gasteiger partial charge < -0.3 is 4.74 Å². The Hall–Kier alpha value is -1.85. The zero-order valence-electron chi connectivity index (χ0n) is 18.6. The zero-order valence-corrected chi connectivity index (χ0v) is 19.4. The van der Waals surface area contributed by atoms with E-state index in [2.05, 4.69) is 90.9 Å². The first-order valence-corrected chi connectivity index (χ1v) is 11.3. The molecule has 3 aromatic carbocycles. The standard InChI is InChI=1S/C26H33OP/c1-18-9-10-20-11-12-21(19-13-15-22(27-8)16-14-19)17-23(20)24(18)28(25(2,3)4)26(5,6)7/h9-17H,1-8H3. The van der Waals surface area contributed by atoms with Crippen LogP contribution in [0.1, 0.15) is 47.1 Å². The Morgan fingerprint density at radius 3 is 1.79 bits per heavy atom. The summed E-state index contributed by atoms with van der Waals surface area (Å²) in [5.41, 5.74) is 3.90. The molecule has 0 radical (unpaired) electrons. The quantitative estimate of drug-likeness (QED) is 0.419. The molecule has 148 valence electrons. The molecule has 0 bridgehead atoms. The molecule has 0 atom stereocenters. The maximum absolute atomic E-state index is 5.32. The van der Waals surface area contributed by atoms with E-state index < -0.39 is 0 Å². The SMILES string of the molecule is COc1ccc(-c2ccc3ccc(C)c(P(C(C)(C)C)C(C)(C)C)c3c2)cc1. The zero-order chi connectivity index (χ0) is 20.7. The van der Waals surface area contributed by atoms with Crippen LogP contribution in [-0.4, -0.2) is 17.4 Å². The van der Waals surface area contributed by atoms with Gasteiger partial charge in [-0.3, -0.25) is 0 Å². The first kappa shape index (κ1) is 20.9. The van der Waals surface area contributed by atoms with Crippen molar-refractivity contribution in [2.45, 2.75) is 58.8 Å². The highest BCUT2D eigenvalue weighted by atomic mass is 31.1. The predicted molar refractivity (Wildman–Crippen MR) is 127 cm³/mol. The van der Waals surface area contributed by atoms with Crippen molar-refractivity contribution in [3.05, 3.63) is 60.2 Å². The van der Waals surface area contributed by atoms with Crippen LogP contribution in [0.4, 0.5) is 0 Å². The van der Waals surface area contributed by atoms with E-state index in [0.29, 0.717) is 0 Å². The van der Waals surface area contributed by atoms with Crippen molar-refractivity contribution >= 4 is 24.0 Å². The van der Waals surface area contributed by atoms with E-state index in [4.69, 9.17) is 4.74 Å². The summed E-state index contributed by atoms with van der Waals surface area (Å²) in [5, 5.41) is 4.77. The van der Waals surface area contributed by atoms with E-state index in [9.17, 15) is 0 Å². The topological polar surface area (TPSA) is 9.23 Å². The Labute approximate surface area is 171 Å². The minimum Gasteiger partial charge on any atom is -0.497 e. The van der Waals surface area contributed by atoms with Gasteiger partial charge in [0, 0.05) is 0 Å². The number of ether oxygens (including phenoxy) is 1. The molecule has 0 aliphatic rings. The van der Waals surface area contributed by atoms with E-state index >= 15 is 0 Å². The lowest BCUT2D eigenvalue weighted by Gasteiger charge is -2.43. The van der Waals surface area contributed by atoms with Gasteiger partial charge in [-0.15, -0.1) is 0 Å². The highest BCUT2D eigenvalue weighted by Gasteiger charge is 2.37. The maximum atomic E-state index is 5.32. The number of benzene rings is 3. The summed E-state index contributed by atoms with van der Waals surface area (Å²) in [7, 11) is 1.34. The summed E-state index contributed by atoms with van der Waals surface area (Å²) in [5.74, 6) is 0.894. The normalized spacial score (nSPS) is 12.6. The van der Waals surface area contributed by atoms with E-state index in [1.807, 2.05) is 12.1 Å². The van der Waals surface area contributed by atoms with Gasteiger partial charge in [0.2, 0.25) is 0 Å². The van der Waals surface area contributed by atoms with E-state index in [-0.39, 0.29) is 18.2 Å². The lowest BCUT2D eigenvalue weighted by atomic mass is 10.00. The van der Waals surface area contributed by atoms with Crippen LogP contribution in [0.15, 0.2) is 54.6 Å². The predicted octanol–water partition coefficient (Wildman–Crippen LogP) is 7.53. The van der Waals surface area contributed by atoms with Crippen LogP contribution >= 0.6 is 7.92 Å². The highest BCUT2D eigenvalue weighted by molar-refractivity contribution is 7.69. The summed E-state index contributed by atoms with van der Waals surface area (Å²) in [4.78, 5) is 0. The maximum Gasteiger partial charge on any atom is 0.118 e. The van der Waals surface area contributed by atoms with Crippen LogP contribution in [0, 0.1) is 6.92 Å². The largest absolute Gasteiger partial charge is 0.497 e. The van der Waals surface area contributed by atoms with Crippen LogP contribution in [0.25, 0.3) is 21.9 Å². The fourth-order valence-electron chi connectivity index (χ4n) is 4.35. The molecule has 1 nitrogen and oxygen atoms in total. The summed E-state index contributed by atoms with van der Waals surface area (Å²) < 4.78 is 5.32. The Bertz CT molecular complexity index is 958. The number of rotatable bonds is 3. The number of hydrogen-bond acceptors (Lipinski definition) is 1. The average molecular weight is 393 g/mol. The minimum atomic E-state index is -0.368. The highest BCUT2D eigenvalue weighted by Crippen LogP contribution is 2.59.